The molecule has 2 amide bonds. The number of rotatable bonds is 9. The van der Waals surface area contributed by atoms with Crippen molar-refractivity contribution in [2.75, 3.05) is 38.7 Å². The maximum absolute atomic E-state index is 12.4. The van der Waals surface area contributed by atoms with Gasteiger partial charge in [0.05, 0.1) is 7.11 Å². The lowest BCUT2D eigenvalue weighted by Crippen LogP contribution is -2.43. The number of amides is 2. The number of para-hydroxylation sites is 1. The molecule has 2 aromatic carbocycles. The Bertz CT molecular complexity index is 1010. The maximum atomic E-state index is 12.4. The van der Waals surface area contributed by atoms with Crippen molar-refractivity contribution >= 4 is 29.5 Å². The number of carbonyl (C=O) groups is 3. The van der Waals surface area contributed by atoms with E-state index in [1.807, 2.05) is 55.5 Å². The lowest BCUT2D eigenvalue weighted by atomic mass is 9.95. The molecule has 0 saturated carbocycles. The number of esters is 1. The summed E-state index contributed by atoms with van der Waals surface area (Å²) >= 11 is 0. The first-order valence-electron chi connectivity index (χ1n) is 11.2. The molecule has 1 fully saturated rings. The number of ether oxygens (including phenoxy) is 3. The van der Waals surface area contributed by atoms with Gasteiger partial charge in [-0.15, -0.1) is 0 Å². The number of piperidine rings is 1. The molecule has 1 N–H and O–H groups in total. The van der Waals surface area contributed by atoms with Crippen molar-refractivity contribution in [3.8, 4) is 11.5 Å². The zero-order chi connectivity index (χ0) is 24.3. The van der Waals surface area contributed by atoms with Gasteiger partial charge in [0, 0.05) is 24.7 Å². The number of allylic oxidation sites excluding steroid dienone is 1. The number of carbonyl (C=O) groups excluding carboxylic acids is 3. The number of likely N-dealkylation sites (tertiary alicyclic amines) is 1. The topological polar surface area (TPSA) is 94.2 Å². The first-order valence-corrected chi connectivity index (χ1v) is 11.2. The number of nitrogens with one attached hydrogen (secondary N) is 1. The van der Waals surface area contributed by atoms with Crippen LogP contribution in [-0.2, 0) is 19.1 Å². The van der Waals surface area contributed by atoms with Crippen molar-refractivity contribution in [1.29, 1.82) is 0 Å². The van der Waals surface area contributed by atoms with Crippen molar-refractivity contribution < 1.29 is 28.6 Å². The van der Waals surface area contributed by atoms with Crippen LogP contribution in [0, 0.1) is 5.92 Å². The first-order chi connectivity index (χ1) is 16.5. The summed E-state index contributed by atoms with van der Waals surface area (Å²) in [5, 5.41) is 2.90. The molecule has 8 nitrogen and oxygen atoms in total. The minimum atomic E-state index is -0.648. The Hall–Kier alpha value is -3.81. The number of nitrogens with zero attached hydrogens (tertiary/aromatic N) is 1. The molecule has 2 aromatic rings. The van der Waals surface area contributed by atoms with Gasteiger partial charge in [-0.2, -0.15) is 0 Å². The van der Waals surface area contributed by atoms with Crippen molar-refractivity contribution in [1.82, 2.24) is 4.90 Å². The highest BCUT2D eigenvalue weighted by Crippen LogP contribution is 2.28. The van der Waals surface area contributed by atoms with E-state index < -0.39 is 5.97 Å². The molecular formula is C26H30N2O6. The monoisotopic (exact) mass is 466 g/mol. The van der Waals surface area contributed by atoms with Crippen LogP contribution in [0.15, 0.2) is 54.6 Å². The molecule has 0 spiro atoms. The first kappa shape index (κ1) is 24.8. The Morgan fingerprint density at radius 1 is 1.03 bits per heavy atom. The van der Waals surface area contributed by atoms with Gasteiger partial charge in [-0.05, 0) is 49.6 Å². The molecule has 0 aromatic heterocycles. The molecule has 3 rings (SSSR count). The van der Waals surface area contributed by atoms with Gasteiger partial charge in [0.1, 0.15) is 0 Å². The van der Waals surface area contributed by atoms with Gasteiger partial charge in [0.15, 0.2) is 24.7 Å². The molecular weight excluding hydrogens is 436 g/mol. The summed E-state index contributed by atoms with van der Waals surface area (Å²) in [5.41, 5.74) is 1.70. The van der Waals surface area contributed by atoms with Crippen molar-refractivity contribution in [3.63, 3.8) is 0 Å². The van der Waals surface area contributed by atoms with E-state index >= 15 is 0 Å². The van der Waals surface area contributed by atoms with E-state index in [1.54, 1.807) is 17.0 Å². The summed E-state index contributed by atoms with van der Waals surface area (Å²) in [6, 6.07) is 14.6. The average molecular weight is 467 g/mol. The number of benzene rings is 2. The van der Waals surface area contributed by atoms with E-state index in [-0.39, 0.29) is 30.9 Å². The fraction of sp³-hybridized carbons (Fsp3) is 0.346. The smallest absolute Gasteiger partial charge is 0.344 e. The molecule has 1 aliphatic heterocycles. The van der Waals surface area contributed by atoms with Gasteiger partial charge in [-0.1, -0.05) is 36.4 Å². The van der Waals surface area contributed by atoms with Crippen LogP contribution in [0.3, 0.4) is 0 Å². The molecule has 0 aliphatic carbocycles. The molecule has 34 heavy (non-hydrogen) atoms. The molecule has 180 valence electrons. The second-order valence-corrected chi connectivity index (χ2v) is 7.87. The van der Waals surface area contributed by atoms with Crippen LogP contribution < -0.4 is 14.8 Å². The second-order valence-electron chi connectivity index (χ2n) is 7.87. The van der Waals surface area contributed by atoms with Gasteiger partial charge < -0.3 is 24.4 Å². The number of anilines is 1. The van der Waals surface area contributed by atoms with Crippen molar-refractivity contribution in [2.45, 2.75) is 19.8 Å². The van der Waals surface area contributed by atoms with Crippen LogP contribution in [0.1, 0.15) is 25.3 Å². The molecule has 1 saturated heterocycles. The summed E-state index contributed by atoms with van der Waals surface area (Å²) < 4.78 is 15.9. The van der Waals surface area contributed by atoms with Gasteiger partial charge in [-0.3, -0.25) is 9.59 Å². The lowest BCUT2D eigenvalue weighted by Gasteiger charge is -2.31. The van der Waals surface area contributed by atoms with Gasteiger partial charge in [0.2, 0.25) is 5.91 Å². The van der Waals surface area contributed by atoms with Crippen LogP contribution in [-0.4, -0.2) is 56.1 Å². The fourth-order valence-electron chi connectivity index (χ4n) is 3.67. The fourth-order valence-corrected chi connectivity index (χ4v) is 3.67. The van der Waals surface area contributed by atoms with Crippen LogP contribution >= 0.6 is 0 Å². The number of methoxy groups -OCH3 is 1. The third kappa shape index (κ3) is 7.10. The Balaban J connectivity index is 1.39. The highest BCUT2D eigenvalue weighted by Gasteiger charge is 2.27. The third-order valence-electron chi connectivity index (χ3n) is 5.51. The second kappa shape index (κ2) is 12.4. The van der Waals surface area contributed by atoms with Gasteiger partial charge in [0.25, 0.3) is 5.91 Å². The molecule has 0 bridgehead atoms. The Morgan fingerprint density at radius 3 is 2.44 bits per heavy atom. The third-order valence-corrected chi connectivity index (χ3v) is 5.51. The summed E-state index contributed by atoms with van der Waals surface area (Å²) in [4.78, 5) is 38.5. The standard InChI is InChI=1S/C26H30N2O6/c1-3-7-19-10-11-22(23(16-19)32-2)33-18-25(30)34-17-24(29)28-14-12-20(13-15-28)26(31)27-21-8-5-4-6-9-21/h3-11,16,20H,12-15,17-18H2,1-2H3,(H,27,31)/b7-3+. The minimum absolute atomic E-state index is 0.0453. The average Bonchev–Trinajstić information content (AvgIpc) is 2.87. The lowest BCUT2D eigenvalue weighted by molar-refractivity contribution is -0.154. The minimum Gasteiger partial charge on any atom is -0.493 e. The predicted octanol–water partition coefficient (Wildman–Crippen LogP) is 3.53. The van der Waals surface area contributed by atoms with Crippen LogP contribution in [0.25, 0.3) is 6.08 Å². The van der Waals surface area contributed by atoms with Crippen molar-refractivity contribution in [2.24, 2.45) is 5.92 Å². The number of hydrogen-bond acceptors (Lipinski definition) is 6. The maximum Gasteiger partial charge on any atom is 0.344 e. The molecule has 1 aliphatic rings. The summed E-state index contributed by atoms with van der Waals surface area (Å²) in [5.74, 6) is -0.229. The normalized spacial score (nSPS) is 14.0. The van der Waals surface area contributed by atoms with E-state index in [9.17, 15) is 14.4 Å². The summed E-state index contributed by atoms with van der Waals surface area (Å²) in [6.45, 7) is 2.10. The van der Waals surface area contributed by atoms with Crippen LogP contribution in [0.5, 0.6) is 11.5 Å². The van der Waals surface area contributed by atoms with E-state index in [4.69, 9.17) is 14.2 Å². The van der Waals surface area contributed by atoms with E-state index in [0.29, 0.717) is 37.4 Å². The zero-order valence-corrected chi connectivity index (χ0v) is 19.5. The predicted molar refractivity (Wildman–Crippen MR) is 129 cm³/mol. The van der Waals surface area contributed by atoms with E-state index in [0.717, 1.165) is 11.3 Å². The zero-order valence-electron chi connectivity index (χ0n) is 19.5. The van der Waals surface area contributed by atoms with Crippen LogP contribution in [0.2, 0.25) is 0 Å². The van der Waals surface area contributed by atoms with Crippen LogP contribution in [0.4, 0.5) is 5.69 Å². The van der Waals surface area contributed by atoms with Gasteiger partial charge in [-0.25, -0.2) is 4.79 Å². The van der Waals surface area contributed by atoms with Crippen molar-refractivity contribution in [3.05, 3.63) is 60.2 Å². The molecule has 8 heteroatoms. The molecule has 0 radical (unpaired) electrons. The summed E-state index contributed by atoms with van der Waals surface area (Å²) in [7, 11) is 1.52. The highest BCUT2D eigenvalue weighted by atomic mass is 16.6. The molecule has 0 unspecified atom stereocenters. The molecule has 1 heterocycles. The Labute approximate surface area is 199 Å². The largest absolute Gasteiger partial charge is 0.493 e. The van der Waals surface area contributed by atoms with E-state index in [2.05, 4.69) is 5.32 Å². The van der Waals surface area contributed by atoms with Gasteiger partial charge >= 0.3 is 5.97 Å². The Morgan fingerprint density at radius 2 is 1.76 bits per heavy atom. The number of hydrogen-bond donors (Lipinski definition) is 1. The summed E-state index contributed by atoms with van der Waals surface area (Å²) in [6.07, 6.45) is 4.95. The Kier molecular flexibility index (Phi) is 9.08. The highest BCUT2D eigenvalue weighted by molar-refractivity contribution is 5.92. The molecule has 0 atom stereocenters. The quantitative estimate of drug-likeness (QED) is 0.569. The SMILES string of the molecule is C/C=C/c1ccc(OCC(=O)OCC(=O)N2CCC(C(=O)Nc3ccccc3)CC2)c(OC)c1. The van der Waals surface area contributed by atoms with E-state index in [1.165, 1.54) is 7.11 Å².